The quantitative estimate of drug-likeness (QED) is 0.371. The van der Waals surface area contributed by atoms with Crippen molar-refractivity contribution < 1.29 is 0 Å². The van der Waals surface area contributed by atoms with Crippen LogP contribution in [0.25, 0.3) is 10.9 Å². The van der Waals surface area contributed by atoms with Crippen LogP contribution in [0.5, 0.6) is 0 Å². The van der Waals surface area contributed by atoms with Crippen LogP contribution in [0, 0.1) is 18.8 Å². The molecule has 0 N–H and O–H groups in total. The van der Waals surface area contributed by atoms with Crippen molar-refractivity contribution in [2.45, 2.75) is 80.1 Å². The lowest BCUT2D eigenvalue weighted by molar-refractivity contribution is 0.308. The maximum absolute atomic E-state index is 5.78. The Bertz CT molecular complexity index is 937. The van der Waals surface area contributed by atoms with E-state index in [1.54, 1.807) is 0 Å². The molecule has 3 aromatic rings. The van der Waals surface area contributed by atoms with Crippen molar-refractivity contribution in [1.82, 2.24) is 9.97 Å². The van der Waals surface area contributed by atoms with E-state index in [1.165, 1.54) is 37.7 Å². The van der Waals surface area contributed by atoms with Crippen LogP contribution in [0.2, 0.25) is 5.02 Å². The lowest BCUT2D eigenvalue weighted by Crippen LogP contribution is -2.12. The van der Waals surface area contributed by atoms with Crippen molar-refractivity contribution in [3.05, 3.63) is 64.9 Å². The fraction of sp³-hybridized carbons (Fsp3) is 0.533. The van der Waals surface area contributed by atoms with Gasteiger partial charge in [0.1, 0.15) is 11.6 Å². The number of aryl methyl sites for hydroxylation is 2. The first kappa shape index (κ1) is 29.9. The maximum atomic E-state index is 5.78. The number of aromatic nitrogens is 2. The van der Waals surface area contributed by atoms with Crippen molar-refractivity contribution in [2.75, 3.05) is 19.0 Å². The predicted molar refractivity (Wildman–Crippen MR) is 152 cm³/mol. The SMILES string of the molecule is CC.CC1CCC(C)CC1.CCCc1cccc(Cl)c1.Cc1nc(N(C)C)c2ccccc2n1. The van der Waals surface area contributed by atoms with Gasteiger partial charge in [-0.25, -0.2) is 9.97 Å². The Kier molecular flexibility index (Phi) is 14.5. The van der Waals surface area contributed by atoms with Crippen LogP contribution in [0.3, 0.4) is 0 Å². The number of anilines is 1. The van der Waals surface area contributed by atoms with E-state index in [4.69, 9.17) is 11.6 Å². The number of rotatable bonds is 3. The van der Waals surface area contributed by atoms with Gasteiger partial charge < -0.3 is 4.90 Å². The molecule has 0 unspecified atom stereocenters. The molecule has 1 fully saturated rings. The molecular formula is C30H46ClN3. The molecule has 1 saturated carbocycles. The smallest absolute Gasteiger partial charge is 0.139 e. The van der Waals surface area contributed by atoms with Gasteiger partial charge >= 0.3 is 0 Å². The van der Waals surface area contributed by atoms with Gasteiger partial charge in [0.15, 0.2) is 0 Å². The average Bonchev–Trinajstić information content (AvgIpc) is 2.83. The highest BCUT2D eigenvalue weighted by atomic mass is 35.5. The van der Waals surface area contributed by atoms with Gasteiger partial charge in [-0.2, -0.15) is 0 Å². The molecule has 1 aliphatic rings. The minimum atomic E-state index is 0.812. The summed E-state index contributed by atoms with van der Waals surface area (Å²) in [5.41, 5.74) is 2.33. The molecule has 1 heterocycles. The molecule has 188 valence electrons. The zero-order valence-electron chi connectivity index (χ0n) is 22.7. The normalized spacial score (nSPS) is 16.7. The highest BCUT2D eigenvalue weighted by molar-refractivity contribution is 6.30. The first-order chi connectivity index (χ1) is 16.3. The summed E-state index contributed by atoms with van der Waals surface area (Å²) in [5, 5.41) is 1.94. The Hall–Kier alpha value is -2.13. The van der Waals surface area contributed by atoms with Gasteiger partial charge in [0.05, 0.1) is 5.52 Å². The molecule has 0 atom stereocenters. The minimum Gasteiger partial charge on any atom is -0.362 e. The fourth-order valence-corrected chi connectivity index (χ4v) is 4.13. The number of hydrogen-bond donors (Lipinski definition) is 0. The molecule has 0 aliphatic heterocycles. The summed E-state index contributed by atoms with van der Waals surface area (Å²) in [7, 11) is 3.99. The summed E-state index contributed by atoms with van der Waals surface area (Å²) >= 11 is 5.78. The highest BCUT2D eigenvalue weighted by Crippen LogP contribution is 2.27. The monoisotopic (exact) mass is 483 g/mol. The van der Waals surface area contributed by atoms with E-state index in [1.807, 2.05) is 82.2 Å². The van der Waals surface area contributed by atoms with Crippen LogP contribution < -0.4 is 4.90 Å². The molecule has 2 aromatic carbocycles. The van der Waals surface area contributed by atoms with Crippen molar-refractivity contribution in [1.29, 1.82) is 0 Å². The Morgan fingerprint density at radius 2 is 1.47 bits per heavy atom. The van der Waals surface area contributed by atoms with Crippen molar-refractivity contribution in [3.63, 3.8) is 0 Å². The van der Waals surface area contributed by atoms with E-state index >= 15 is 0 Å². The van der Waals surface area contributed by atoms with Gasteiger partial charge in [0.25, 0.3) is 0 Å². The number of benzene rings is 2. The maximum Gasteiger partial charge on any atom is 0.139 e. The van der Waals surface area contributed by atoms with Gasteiger partial charge in [-0.1, -0.05) is 103 Å². The van der Waals surface area contributed by atoms with Gasteiger partial charge in [-0.05, 0) is 55.0 Å². The highest BCUT2D eigenvalue weighted by Gasteiger charge is 2.13. The van der Waals surface area contributed by atoms with Crippen LogP contribution in [0.15, 0.2) is 48.5 Å². The van der Waals surface area contributed by atoms with Crippen LogP contribution in [-0.4, -0.2) is 24.1 Å². The van der Waals surface area contributed by atoms with Crippen LogP contribution in [-0.2, 0) is 6.42 Å². The summed E-state index contributed by atoms with van der Waals surface area (Å²) in [6, 6.07) is 16.1. The van der Waals surface area contributed by atoms with Gasteiger partial charge in [-0.3, -0.25) is 0 Å². The second-order valence-corrected chi connectivity index (χ2v) is 9.69. The minimum absolute atomic E-state index is 0.812. The van der Waals surface area contributed by atoms with Crippen molar-refractivity contribution >= 4 is 28.3 Å². The number of halogens is 1. The van der Waals surface area contributed by atoms with Gasteiger partial charge in [0.2, 0.25) is 0 Å². The second-order valence-electron chi connectivity index (χ2n) is 9.25. The standard InChI is InChI=1S/C11H13N3.C9H11Cl.C8H16.C2H6/c1-8-12-10-7-5-4-6-9(10)11(13-8)14(2)3;1-2-4-8-5-3-6-9(10)7-8;1-7-3-5-8(2)6-4-7;1-2/h4-7H,1-3H3;3,5-7H,2,4H2,1H3;7-8H,3-6H2,1-2H3;1-2H3. The zero-order valence-corrected chi connectivity index (χ0v) is 23.5. The van der Waals surface area contributed by atoms with E-state index in [2.05, 4.69) is 36.8 Å². The van der Waals surface area contributed by atoms with E-state index in [9.17, 15) is 0 Å². The molecule has 0 spiro atoms. The second kappa shape index (κ2) is 16.5. The number of fused-ring (bicyclic) bond motifs is 1. The Morgan fingerprint density at radius 3 is 2.00 bits per heavy atom. The summed E-state index contributed by atoms with van der Waals surface area (Å²) in [5.74, 6) is 3.83. The third-order valence-electron chi connectivity index (χ3n) is 5.85. The van der Waals surface area contributed by atoms with Crippen LogP contribution >= 0.6 is 11.6 Å². The van der Waals surface area contributed by atoms with E-state index < -0.39 is 0 Å². The first-order valence-corrected chi connectivity index (χ1v) is 13.3. The van der Waals surface area contributed by atoms with E-state index in [0.29, 0.717) is 0 Å². The van der Waals surface area contributed by atoms with E-state index in [0.717, 1.165) is 45.8 Å². The summed E-state index contributed by atoms with van der Waals surface area (Å²) in [4.78, 5) is 10.8. The van der Waals surface area contributed by atoms with Gasteiger partial charge in [-0.15, -0.1) is 0 Å². The Morgan fingerprint density at radius 1 is 0.882 bits per heavy atom. The van der Waals surface area contributed by atoms with Gasteiger partial charge in [0, 0.05) is 24.5 Å². The zero-order chi connectivity index (χ0) is 25.5. The summed E-state index contributed by atoms with van der Waals surface area (Å²) in [6.45, 7) is 12.8. The topological polar surface area (TPSA) is 29.0 Å². The number of para-hydroxylation sites is 1. The summed E-state index contributed by atoms with van der Waals surface area (Å²) in [6.07, 6.45) is 8.20. The molecule has 1 aromatic heterocycles. The molecule has 34 heavy (non-hydrogen) atoms. The molecule has 4 heteroatoms. The summed E-state index contributed by atoms with van der Waals surface area (Å²) < 4.78 is 0. The third kappa shape index (κ3) is 10.9. The fourth-order valence-electron chi connectivity index (χ4n) is 3.92. The average molecular weight is 484 g/mol. The van der Waals surface area contributed by atoms with E-state index in [-0.39, 0.29) is 0 Å². The molecule has 0 amide bonds. The lowest BCUT2D eigenvalue weighted by atomic mass is 9.84. The van der Waals surface area contributed by atoms with Crippen LogP contribution in [0.1, 0.15) is 78.1 Å². The number of hydrogen-bond acceptors (Lipinski definition) is 3. The molecule has 0 saturated heterocycles. The molecule has 3 nitrogen and oxygen atoms in total. The largest absolute Gasteiger partial charge is 0.362 e. The van der Waals surface area contributed by atoms with Crippen molar-refractivity contribution in [3.8, 4) is 0 Å². The predicted octanol–water partition coefficient (Wildman–Crippen LogP) is 9.16. The number of nitrogens with zero attached hydrogens (tertiary/aromatic N) is 3. The molecular weight excluding hydrogens is 438 g/mol. The van der Waals surface area contributed by atoms with Crippen molar-refractivity contribution in [2.24, 2.45) is 11.8 Å². The Balaban J connectivity index is 0.000000256. The third-order valence-corrected chi connectivity index (χ3v) is 6.09. The van der Waals surface area contributed by atoms with Crippen LogP contribution in [0.4, 0.5) is 5.82 Å². The Labute approximate surface area is 214 Å². The first-order valence-electron chi connectivity index (χ1n) is 12.9. The lowest BCUT2D eigenvalue weighted by Gasteiger charge is -2.22. The molecule has 0 radical (unpaired) electrons. The molecule has 1 aliphatic carbocycles. The molecule has 0 bridgehead atoms. The molecule has 4 rings (SSSR count).